The number of nitrogen functional groups attached to an aromatic ring is 1. The molecule has 4 heterocycles. The molecule has 0 radical (unpaired) electrons. The van der Waals surface area contributed by atoms with E-state index in [-0.39, 0.29) is 11.8 Å². The van der Waals surface area contributed by atoms with Crippen LogP contribution in [-0.2, 0) is 4.79 Å². The number of carbonyl (C=O) groups excluding carboxylic acids is 1. The smallest absolute Gasteiger partial charge is 0.222 e. The van der Waals surface area contributed by atoms with Gasteiger partial charge in [-0.2, -0.15) is 5.10 Å². The number of carbonyl (C=O) groups is 1. The summed E-state index contributed by atoms with van der Waals surface area (Å²) in [7, 11) is 0. The molecule has 0 spiro atoms. The van der Waals surface area contributed by atoms with Gasteiger partial charge in [0.25, 0.3) is 0 Å². The summed E-state index contributed by atoms with van der Waals surface area (Å²) in [5, 5.41) is 8.05. The molecule has 0 unspecified atom stereocenters. The zero-order valence-corrected chi connectivity index (χ0v) is 16.3. The molecule has 0 aliphatic carbocycles. The van der Waals surface area contributed by atoms with Crippen LogP contribution < -0.4 is 5.73 Å². The van der Waals surface area contributed by atoms with Gasteiger partial charge in [-0.1, -0.05) is 13.0 Å². The van der Waals surface area contributed by atoms with Gasteiger partial charge in [0, 0.05) is 42.6 Å². The fourth-order valence-corrected chi connectivity index (χ4v) is 4.21. The average molecular weight is 389 g/mol. The first-order valence-corrected chi connectivity index (χ1v) is 10.0. The predicted octanol–water partition coefficient (Wildman–Crippen LogP) is 3.20. The van der Waals surface area contributed by atoms with Gasteiger partial charge in [-0.05, 0) is 31.0 Å². The number of aromatic nitrogens is 5. The number of nitrogens with two attached hydrogens (primary N) is 1. The number of pyridine rings is 1. The van der Waals surface area contributed by atoms with Gasteiger partial charge in [0.1, 0.15) is 11.3 Å². The third-order valence-corrected chi connectivity index (χ3v) is 5.73. The minimum atomic E-state index is 0.185. The number of nitrogens with one attached hydrogen (secondary N) is 2. The Kier molecular flexibility index (Phi) is 4.19. The molecule has 29 heavy (non-hydrogen) atoms. The van der Waals surface area contributed by atoms with Crippen LogP contribution in [0.3, 0.4) is 0 Å². The van der Waals surface area contributed by atoms with Crippen LogP contribution in [0.1, 0.15) is 37.9 Å². The number of H-pyrrole nitrogens is 2. The molecule has 1 aliphatic heterocycles. The fourth-order valence-electron chi connectivity index (χ4n) is 4.21. The number of benzene rings is 1. The molecule has 0 bridgehead atoms. The zero-order valence-electron chi connectivity index (χ0n) is 16.3. The first-order valence-electron chi connectivity index (χ1n) is 10.0. The lowest BCUT2D eigenvalue weighted by Crippen LogP contribution is -2.38. The van der Waals surface area contributed by atoms with Crippen LogP contribution in [-0.4, -0.2) is 49.0 Å². The van der Waals surface area contributed by atoms with E-state index in [1.54, 1.807) is 6.20 Å². The molecule has 1 aromatic carbocycles. The zero-order chi connectivity index (χ0) is 20.0. The minimum Gasteiger partial charge on any atom is -0.382 e. The first kappa shape index (κ1) is 17.7. The highest BCUT2D eigenvalue weighted by Crippen LogP contribution is 2.32. The number of anilines is 1. The minimum absolute atomic E-state index is 0.185. The lowest BCUT2D eigenvalue weighted by Gasteiger charge is -2.31. The maximum atomic E-state index is 12.1. The van der Waals surface area contributed by atoms with Gasteiger partial charge in [-0.25, -0.2) is 9.97 Å². The number of hydrogen-bond donors (Lipinski definition) is 3. The molecular weight excluding hydrogens is 366 g/mol. The lowest BCUT2D eigenvalue weighted by molar-refractivity contribution is -0.132. The topological polar surface area (TPSA) is 117 Å². The molecule has 148 valence electrons. The van der Waals surface area contributed by atoms with E-state index in [9.17, 15) is 4.79 Å². The molecule has 5 rings (SSSR count). The Morgan fingerprint density at radius 1 is 1.31 bits per heavy atom. The second kappa shape index (κ2) is 6.88. The largest absolute Gasteiger partial charge is 0.382 e. The summed E-state index contributed by atoms with van der Waals surface area (Å²) < 4.78 is 0. The van der Waals surface area contributed by atoms with E-state index in [4.69, 9.17) is 10.7 Å². The van der Waals surface area contributed by atoms with Crippen LogP contribution in [0.2, 0.25) is 0 Å². The first-order chi connectivity index (χ1) is 14.1. The number of imidazole rings is 1. The van der Waals surface area contributed by atoms with Gasteiger partial charge in [0.05, 0.1) is 16.7 Å². The number of hydrogen-bond acceptors (Lipinski definition) is 5. The molecule has 8 nitrogen and oxygen atoms in total. The summed E-state index contributed by atoms with van der Waals surface area (Å²) in [4.78, 5) is 26.9. The van der Waals surface area contributed by atoms with E-state index in [0.29, 0.717) is 24.3 Å². The lowest BCUT2D eigenvalue weighted by atomic mass is 9.97. The molecule has 4 aromatic rings. The highest BCUT2D eigenvalue weighted by Gasteiger charge is 2.26. The Morgan fingerprint density at radius 2 is 2.21 bits per heavy atom. The molecule has 4 N–H and O–H groups in total. The Morgan fingerprint density at radius 3 is 3.00 bits per heavy atom. The van der Waals surface area contributed by atoms with Crippen molar-refractivity contribution in [2.75, 3.05) is 18.8 Å². The van der Waals surface area contributed by atoms with Crippen molar-refractivity contribution in [3.8, 4) is 11.3 Å². The van der Waals surface area contributed by atoms with Crippen LogP contribution in [0.15, 0.2) is 30.5 Å². The molecule has 1 saturated heterocycles. The fraction of sp³-hybridized carbons (Fsp3) is 0.333. The van der Waals surface area contributed by atoms with E-state index in [1.165, 1.54) is 0 Å². The molecule has 8 heteroatoms. The Balaban J connectivity index is 1.56. The van der Waals surface area contributed by atoms with E-state index in [0.717, 1.165) is 52.9 Å². The van der Waals surface area contributed by atoms with Crippen molar-refractivity contribution >= 4 is 33.7 Å². The third kappa shape index (κ3) is 3.00. The number of amides is 1. The Bertz CT molecular complexity index is 1190. The second-order valence-corrected chi connectivity index (χ2v) is 7.57. The number of rotatable bonds is 3. The molecule has 1 atom stereocenters. The SMILES string of the molecule is CCC(=O)N1CCC[C@H](c2nc3c(N)nc4cc(-c5cc[nH]n5)ccc4c3[nH]2)C1. The van der Waals surface area contributed by atoms with Crippen LogP contribution in [0.4, 0.5) is 5.82 Å². The number of nitrogens with zero attached hydrogens (tertiary/aromatic N) is 4. The van der Waals surface area contributed by atoms with Crippen molar-refractivity contribution in [3.63, 3.8) is 0 Å². The summed E-state index contributed by atoms with van der Waals surface area (Å²) >= 11 is 0. The third-order valence-electron chi connectivity index (χ3n) is 5.73. The normalized spacial score (nSPS) is 17.3. The Labute approximate surface area is 167 Å². The van der Waals surface area contributed by atoms with Crippen molar-refractivity contribution in [2.45, 2.75) is 32.1 Å². The van der Waals surface area contributed by atoms with Crippen LogP contribution >= 0.6 is 0 Å². The van der Waals surface area contributed by atoms with Gasteiger partial charge in [-0.3, -0.25) is 9.89 Å². The summed E-state index contributed by atoms with van der Waals surface area (Å²) in [6.45, 7) is 3.43. The molecular formula is C21H23N7O. The van der Waals surface area contributed by atoms with Crippen molar-refractivity contribution in [3.05, 3.63) is 36.3 Å². The van der Waals surface area contributed by atoms with Crippen molar-refractivity contribution in [1.82, 2.24) is 30.0 Å². The van der Waals surface area contributed by atoms with E-state index >= 15 is 0 Å². The quantitative estimate of drug-likeness (QED) is 0.497. The number of fused-ring (bicyclic) bond motifs is 3. The van der Waals surface area contributed by atoms with Gasteiger partial charge in [0.15, 0.2) is 5.82 Å². The highest BCUT2D eigenvalue weighted by atomic mass is 16.2. The van der Waals surface area contributed by atoms with E-state index < -0.39 is 0 Å². The summed E-state index contributed by atoms with van der Waals surface area (Å²) in [5.41, 5.74) is 10.5. The number of piperidine rings is 1. The predicted molar refractivity (Wildman–Crippen MR) is 112 cm³/mol. The Hall–Kier alpha value is -3.42. The van der Waals surface area contributed by atoms with Crippen LogP contribution in [0.5, 0.6) is 0 Å². The molecule has 0 saturated carbocycles. The maximum absolute atomic E-state index is 12.1. The second-order valence-electron chi connectivity index (χ2n) is 7.57. The molecule has 1 fully saturated rings. The highest BCUT2D eigenvalue weighted by molar-refractivity contribution is 6.07. The van der Waals surface area contributed by atoms with Crippen LogP contribution in [0, 0.1) is 0 Å². The number of likely N-dealkylation sites (tertiary alicyclic amines) is 1. The van der Waals surface area contributed by atoms with Gasteiger partial charge in [0.2, 0.25) is 5.91 Å². The summed E-state index contributed by atoms with van der Waals surface area (Å²) in [5.74, 6) is 1.67. The maximum Gasteiger partial charge on any atom is 0.222 e. The number of aromatic amines is 2. The van der Waals surface area contributed by atoms with Crippen molar-refractivity contribution in [2.24, 2.45) is 0 Å². The van der Waals surface area contributed by atoms with Crippen molar-refractivity contribution < 1.29 is 4.79 Å². The summed E-state index contributed by atoms with van der Waals surface area (Å²) in [6.07, 6.45) is 4.31. The summed E-state index contributed by atoms with van der Waals surface area (Å²) in [6, 6.07) is 7.97. The van der Waals surface area contributed by atoms with Crippen LogP contribution in [0.25, 0.3) is 33.2 Å². The monoisotopic (exact) mass is 389 g/mol. The van der Waals surface area contributed by atoms with Gasteiger partial charge in [-0.15, -0.1) is 0 Å². The van der Waals surface area contributed by atoms with Gasteiger partial charge >= 0.3 is 0 Å². The van der Waals surface area contributed by atoms with E-state index in [1.807, 2.05) is 36.1 Å². The standard InChI is InChI=1S/C21H23N7O/c1-2-17(29)28-9-3-4-13(11-28)21-25-18-14-6-5-12(15-7-8-23-27-15)10-16(14)24-20(22)19(18)26-21/h5-8,10,13H,2-4,9,11H2,1H3,(H2,22,24)(H,23,27)(H,25,26)/t13-/m0/s1. The molecule has 1 amide bonds. The average Bonchev–Trinajstić information content (AvgIpc) is 3.43. The van der Waals surface area contributed by atoms with Crippen molar-refractivity contribution in [1.29, 1.82) is 0 Å². The molecule has 3 aromatic heterocycles. The van der Waals surface area contributed by atoms with E-state index in [2.05, 4.69) is 20.2 Å². The molecule has 1 aliphatic rings. The van der Waals surface area contributed by atoms with Gasteiger partial charge < -0.3 is 15.6 Å².